The molecule has 0 spiro atoms. The van der Waals surface area contributed by atoms with E-state index in [4.69, 9.17) is 17.4 Å². The lowest BCUT2D eigenvalue weighted by Crippen LogP contribution is -2.24. The van der Waals surface area contributed by atoms with Crippen LogP contribution in [0.25, 0.3) is 11.4 Å². The van der Waals surface area contributed by atoms with Crippen molar-refractivity contribution in [1.29, 1.82) is 0 Å². The lowest BCUT2D eigenvalue weighted by atomic mass is 10.1. The number of benzene rings is 1. The summed E-state index contributed by atoms with van der Waals surface area (Å²) in [5.74, 6) is 6.86. The molecule has 0 aliphatic heterocycles. The minimum absolute atomic E-state index is 0.218. The van der Waals surface area contributed by atoms with Crippen molar-refractivity contribution >= 4 is 35.1 Å². The first-order valence-electron chi connectivity index (χ1n) is 7.80. The summed E-state index contributed by atoms with van der Waals surface area (Å²) in [4.78, 5) is 16.4. The quantitative estimate of drug-likeness (QED) is 0.514. The van der Waals surface area contributed by atoms with E-state index in [0.29, 0.717) is 21.8 Å². The van der Waals surface area contributed by atoms with E-state index in [1.807, 2.05) is 31.2 Å². The smallest absolute Gasteiger partial charge is 0.238 e. The van der Waals surface area contributed by atoms with Crippen molar-refractivity contribution in [3.05, 3.63) is 53.2 Å². The summed E-state index contributed by atoms with van der Waals surface area (Å²) in [6, 6.07) is 11.1. The number of pyridine rings is 1. The number of rotatable bonds is 5. The zero-order valence-electron chi connectivity index (χ0n) is 14.2. The van der Waals surface area contributed by atoms with Crippen molar-refractivity contribution in [3.63, 3.8) is 0 Å². The van der Waals surface area contributed by atoms with Gasteiger partial charge in [0, 0.05) is 11.8 Å². The molecule has 2 aromatic heterocycles. The number of aryl methyl sites for hydroxylation is 1. The molecule has 0 unspecified atom stereocenters. The van der Waals surface area contributed by atoms with Gasteiger partial charge < -0.3 is 11.2 Å². The van der Waals surface area contributed by atoms with Crippen molar-refractivity contribution < 1.29 is 4.79 Å². The maximum atomic E-state index is 12.3. The van der Waals surface area contributed by atoms with E-state index >= 15 is 0 Å². The van der Waals surface area contributed by atoms with Crippen LogP contribution in [0.2, 0.25) is 5.02 Å². The number of hydrogen-bond donors (Lipinski definition) is 2. The third kappa shape index (κ3) is 4.14. The van der Waals surface area contributed by atoms with Crippen molar-refractivity contribution in [2.45, 2.75) is 24.3 Å². The van der Waals surface area contributed by atoms with Gasteiger partial charge >= 0.3 is 0 Å². The molecular formula is C17H17ClN6OS. The average molecular weight is 389 g/mol. The van der Waals surface area contributed by atoms with E-state index in [2.05, 4.69) is 20.5 Å². The predicted octanol–water partition coefficient (Wildman–Crippen LogP) is 3.14. The molecule has 0 aliphatic rings. The highest BCUT2D eigenvalue weighted by molar-refractivity contribution is 8.00. The van der Waals surface area contributed by atoms with Crippen LogP contribution in [-0.4, -0.2) is 31.0 Å². The number of nitrogen functional groups attached to an aromatic ring is 1. The van der Waals surface area contributed by atoms with Crippen LogP contribution in [0.4, 0.5) is 5.82 Å². The molecule has 9 heteroatoms. The standard InChI is InChI=1S/C17H17ClN6OS/c1-10-3-5-12(6-4-10)15-22-23-17(24(15)19)26-11(2)16(25)21-14-8-7-13(18)9-20-14/h3-9,11H,19H2,1-2H3,(H,20,21,25)/t11-/m0/s1. The Kier molecular flexibility index (Phi) is 5.43. The number of anilines is 1. The van der Waals surface area contributed by atoms with E-state index in [-0.39, 0.29) is 5.91 Å². The van der Waals surface area contributed by atoms with Crippen LogP contribution in [-0.2, 0) is 4.79 Å². The number of nitrogens with two attached hydrogens (primary N) is 1. The van der Waals surface area contributed by atoms with Crippen molar-refractivity contribution in [1.82, 2.24) is 19.9 Å². The Bertz CT molecular complexity index is 910. The molecule has 2 heterocycles. The molecular weight excluding hydrogens is 372 g/mol. The number of carbonyl (C=O) groups is 1. The monoisotopic (exact) mass is 388 g/mol. The number of halogens is 1. The Labute approximate surface area is 159 Å². The Morgan fingerprint density at radius 2 is 1.96 bits per heavy atom. The molecule has 3 N–H and O–H groups in total. The van der Waals surface area contributed by atoms with E-state index in [1.54, 1.807) is 19.1 Å². The summed E-state index contributed by atoms with van der Waals surface area (Å²) in [5.41, 5.74) is 2.01. The fourth-order valence-corrected chi connectivity index (χ4v) is 3.03. The summed E-state index contributed by atoms with van der Waals surface area (Å²) in [6.45, 7) is 3.77. The largest absolute Gasteiger partial charge is 0.335 e. The number of amides is 1. The highest BCUT2D eigenvalue weighted by atomic mass is 35.5. The minimum atomic E-state index is -0.440. The maximum absolute atomic E-state index is 12.3. The van der Waals surface area contributed by atoms with Gasteiger partial charge in [0.2, 0.25) is 11.1 Å². The second-order valence-electron chi connectivity index (χ2n) is 5.65. The van der Waals surface area contributed by atoms with Crippen LogP contribution >= 0.6 is 23.4 Å². The zero-order valence-corrected chi connectivity index (χ0v) is 15.8. The highest BCUT2D eigenvalue weighted by Gasteiger charge is 2.20. The topological polar surface area (TPSA) is 98.7 Å². The van der Waals surface area contributed by atoms with Gasteiger partial charge in [0.15, 0.2) is 5.82 Å². The Balaban J connectivity index is 1.69. The van der Waals surface area contributed by atoms with Crippen LogP contribution in [0.15, 0.2) is 47.8 Å². The molecule has 0 aliphatic carbocycles. The van der Waals surface area contributed by atoms with Crippen molar-refractivity contribution in [2.24, 2.45) is 0 Å². The molecule has 0 saturated carbocycles. The molecule has 1 aromatic carbocycles. The van der Waals surface area contributed by atoms with Gasteiger partial charge in [0.1, 0.15) is 5.82 Å². The van der Waals surface area contributed by atoms with Crippen LogP contribution in [0, 0.1) is 6.92 Å². The molecule has 7 nitrogen and oxygen atoms in total. The maximum Gasteiger partial charge on any atom is 0.238 e. The van der Waals surface area contributed by atoms with Gasteiger partial charge in [-0.25, -0.2) is 9.66 Å². The third-order valence-corrected chi connectivity index (χ3v) is 4.88. The lowest BCUT2D eigenvalue weighted by molar-refractivity contribution is -0.115. The number of hydrogen-bond acceptors (Lipinski definition) is 6. The molecule has 0 bridgehead atoms. The van der Waals surface area contributed by atoms with Gasteiger partial charge in [-0.05, 0) is 26.0 Å². The summed E-state index contributed by atoms with van der Waals surface area (Å²) < 4.78 is 1.39. The first-order valence-corrected chi connectivity index (χ1v) is 9.06. The molecule has 1 amide bonds. The molecule has 3 aromatic rings. The Morgan fingerprint density at radius 1 is 1.23 bits per heavy atom. The van der Waals surface area contributed by atoms with Gasteiger partial charge in [-0.2, -0.15) is 0 Å². The summed E-state index contributed by atoms with van der Waals surface area (Å²) in [7, 11) is 0. The van der Waals surface area contributed by atoms with Crippen LogP contribution in [0.1, 0.15) is 12.5 Å². The summed E-state index contributed by atoms with van der Waals surface area (Å²) >= 11 is 7.00. The molecule has 26 heavy (non-hydrogen) atoms. The zero-order chi connectivity index (χ0) is 18.7. The Hall–Kier alpha value is -2.58. The SMILES string of the molecule is Cc1ccc(-c2nnc(S[C@@H](C)C(=O)Nc3ccc(Cl)cn3)n2N)cc1. The van der Waals surface area contributed by atoms with E-state index in [0.717, 1.165) is 11.1 Å². The molecule has 0 fully saturated rings. The van der Waals surface area contributed by atoms with E-state index < -0.39 is 5.25 Å². The van der Waals surface area contributed by atoms with E-state index in [9.17, 15) is 4.79 Å². The average Bonchev–Trinajstić information content (AvgIpc) is 2.98. The number of thioether (sulfide) groups is 1. The van der Waals surface area contributed by atoms with Crippen molar-refractivity contribution in [3.8, 4) is 11.4 Å². The summed E-state index contributed by atoms with van der Waals surface area (Å²) in [5, 5.41) is 11.5. The molecule has 1 atom stereocenters. The van der Waals surface area contributed by atoms with Gasteiger partial charge in [0.05, 0.1) is 10.3 Å². The molecule has 0 saturated heterocycles. The van der Waals surface area contributed by atoms with Crippen molar-refractivity contribution in [2.75, 3.05) is 11.2 Å². The molecule has 3 rings (SSSR count). The summed E-state index contributed by atoms with van der Waals surface area (Å²) in [6.07, 6.45) is 1.47. The molecule has 0 radical (unpaired) electrons. The second-order valence-corrected chi connectivity index (χ2v) is 7.40. The number of aromatic nitrogens is 4. The minimum Gasteiger partial charge on any atom is -0.335 e. The number of nitrogens with zero attached hydrogens (tertiary/aromatic N) is 4. The fourth-order valence-electron chi connectivity index (χ4n) is 2.15. The first-order chi connectivity index (χ1) is 12.4. The van der Waals surface area contributed by atoms with Crippen LogP contribution in [0.5, 0.6) is 0 Å². The molecule has 134 valence electrons. The second kappa shape index (κ2) is 7.76. The van der Waals surface area contributed by atoms with Gasteiger partial charge in [0.25, 0.3) is 0 Å². The van der Waals surface area contributed by atoms with Crippen LogP contribution in [0.3, 0.4) is 0 Å². The predicted molar refractivity (Wildman–Crippen MR) is 104 cm³/mol. The van der Waals surface area contributed by atoms with Gasteiger partial charge in [-0.3, -0.25) is 4.79 Å². The fraction of sp³-hybridized carbons (Fsp3) is 0.176. The van der Waals surface area contributed by atoms with E-state index in [1.165, 1.54) is 22.6 Å². The lowest BCUT2D eigenvalue weighted by Gasteiger charge is -2.11. The highest BCUT2D eigenvalue weighted by Crippen LogP contribution is 2.25. The number of carbonyl (C=O) groups excluding carboxylic acids is 1. The van der Waals surface area contributed by atoms with Gasteiger partial charge in [-0.1, -0.05) is 53.2 Å². The normalized spacial score (nSPS) is 12.0. The number of nitrogens with one attached hydrogen (secondary N) is 1. The first kappa shape index (κ1) is 18.2. The third-order valence-electron chi connectivity index (χ3n) is 3.60. The van der Waals surface area contributed by atoms with Gasteiger partial charge in [-0.15, -0.1) is 10.2 Å². The Morgan fingerprint density at radius 3 is 2.62 bits per heavy atom. The van der Waals surface area contributed by atoms with Crippen LogP contribution < -0.4 is 11.2 Å².